The van der Waals surface area contributed by atoms with Gasteiger partial charge in [0.2, 0.25) is 5.82 Å². The second-order valence-electron chi connectivity index (χ2n) is 4.04. The van der Waals surface area contributed by atoms with Crippen LogP contribution in [0.15, 0.2) is 12.3 Å². The summed E-state index contributed by atoms with van der Waals surface area (Å²) in [5.74, 6) is -0.102. The summed E-state index contributed by atoms with van der Waals surface area (Å²) in [6, 6.07) is 1.28. The molecule has 8 heteroatoms. The van der Waals surface area contributed by atoms with Crippen LogP contribution >= 0.6 is 0 Å². The second kappa shape index (κ2) is 5.72. The largest absolute Gasteiger partial charge is 0.394 e. The molecule has 1 amide bonds. The van der Waals surface area contributed by atoms with Crippen LogP contribution in [-0.4, -0.2) is 57.0 Å². The van der Waals surface area contributed by atoms with E-state index < -0.39 is 11.9 Å². The third-order valence-corrected chi connectivity index (χ3v) is 2.56. The van der Waals surface area contributed by atoms with E-state index in [-0.39, 0.29) is 19.0 Å². The number of hydrogen-bond acceptors (Lipinski definition) is 6. The van der Waals surface area contributed by atoms with Gasteiger partial charge in [-0.05, 0) is 13.0 Å². The van der Waals surface area contributed by atoms with Crippen molar-refractivity contribution in [3.05, 3.63) is 23.8 Å². The molecule has 0 aromatic carbocycles. The lowest BCUT2D eigenvalue weighted by molar-refractivity contribution is 0.0830. The first-order valence-corrected chi connectivity index (χ1v) is 5.74. The number of ether oxygens (including phenoxy) is 1. The van der Waals surface area contributed by atoms with Crippen molar-refractivity contribution in [3.63, 3.8) is 0 Å². The molecule has 19 heavy (non-hydrogen) atoms. The number of rotatable bonds is 5. The number of methoxy groups -OCH3 is 1. The minimum Gasteiger partial charge on any atom is -0.394 e. The quantitative estimate of drug-likeness (QED) is 0.731. The molecular formula is C11H15N5O3. The van der Waals surface area contributed by atoms with E-state index in [0.717, 1.165) is 5.69 Å². The van der Waals surface area contributed by atoms with Gasteiger partial charge in [-0.2, -0.15) is 4.98 Å². The molecule has 0 saturated heterocycles. The molecule has 1 atom stereocenters. The molecule has 0 radical (unpaired) electrons. The molecule has 2 rings (SSSR count). The number of aromatic nitrogens is 4. The fourth-order valence-electron chi connectivity index (χ4n) is 1.59. The van der Waals surface area contributed by atoms with Crippen molar-refractivity contribution in [1.82, 2.24) is 24.9 Å². The van der Waals surface area contributed by atoms with Crippen LogP contribution in [0.1, 0.15) is 16.3 Å². The number of aliphatic hydroxyl groups is 1. The minimum atomic E-state index is -0.488. The average Bonchev–Trinajstić information content (AvgIpc) is 2.83. The minimum absolute atomic E-state index is 0.0105. The summed E-state index contributed by atoms with van der Waals surface area (Å²) in [6.45, 7) is 1.84. The number of carbonyl (C=O) groups excluding carboxylic acids is 1. The van der Waals surface area contributed by atoms with Gasteiger partial charge in [-0.15, -0.1) is 5.10 Å². The highest BCUT2D eigenvalue weighted by atomic mass is 16.5. The highest BCUT2D eigenvalue weighted by molar-refractivity contribution is 5.91. The topological polar surface area (TPSA) is 102 Å². The number of aliphatic hydroxyl groups excluding tert-OH is 1. The van der Waals surface area contributed by atoms with Crippen LogP contribution in [0.25, 0.3) is 5.78 Å². The van der Waals surface area contributed by atoms with Gasteiger partial charge >= 0.3 is 0 Å². The second-order valence-corrected chi connectivity index (χ2v) is 4.04. The molecule has 0 aliphatic rings. The summed E-state index contributed by atoms with van der Waals surface area (Å²) < 4.78 is 6.36. The van der Waals surface area contributed by atoms with Gasteiger partial charge in [0.05, 0.1) is 19.3 Å². The number of amides is 1. The predicted octanol–water partition coefficient (Wildman–Crippen LogP) is -0.830. The Bertz CT molecular complexity index is 583. The van der Waals surface area contributed by atoms with Crippen LogP contribution in [0, 0.1) is 6.92 Å². The highest BCUT2D eigenvalue weighted by Gasteiger charge is 2.18. The Labute approximate surface area is 109 Å². The van der Waals surface area contributed by atoms with Crippen molar-refractivity contribution >= 4 is 11.7 Å². The van der Waals surface area contributed by atoms with Crippen molar-refractivity contribution in [1.29, 1.82) is 0 Å². The van der Waals surface area contributed by atoms with Crippen molar-refractivity contribution in [2.24, 2.45) is 0 Å². The molecule has 0 fully saturated rings. The Hall–Kier alpha value is -2.06. The molecule has 0 spiro atoms. The highest BCUT2D eigenvalue weighted by Crippen LogP contribution is 2.02. The SMILES string of the molecule is COCC(CO)NC(=O)c1nc2nccc(C)n2n1. The standard InChI is InChI=1S/C11H15N5O3/c1-7-3-4-12-11-14-9(15-16(7)11)10(18)13-8(5-17)6-19-2/h3-4,8,17H,5-6H2,1-2H3,(H,13,18). The Kier molecular flexibility index (Phi) is 4.03. The maximum Gasteiger partial charge on any atom is 0.291 e. The first-order valence-electron chi connectivity index (χ1n) is 5.74. The zero-order valence-corrected chi connectivity index (χ0v) is 10.7. The summed E-state index contributed by atoms with van der Waals surface area (Å²) in [5.41, 5.74) is 0.826. The zero-order chi connectivity index (χ0) is 13.8. The number of nitrogens with zero attached hydrogens (tertiary/aromatic N) is 4. The van der Waals surface area contributed by atoms with Gasteiger partial charge in [-0.25, -0.2) is 9.50 Å². The summed E-state index contributed by atoms with van der Waals surface area (Å²) in [5, 5.41) is 15.7. The van der Waals surface area contributed by atoms with Gasteiger partial charge in [-0.3, -0.25) is 4.79 Å². The van der Waals surface area contributed by atoms with Gasteiger partial charge in [0.25, 0.3) is 11.7 Å². The van der Waals surface area contributed by atoms with Crippen LogP contribution in [0.2, 0.25) is 0 Å². The molecule has 2 N–H and O–H groups in total. The van der Waals surface area contributed by atoms with Gasteiger partial charge < -0.3 is 15.2 Å². The molecule has 2 aromatic heterocycles. The van der Waals surface area contributed by atoms with Crippen LogP contribution in [0.3, 0.4) is 0 Å². The zero-order valence-electron chi connectivity index (χ0n) is 10.7. The van der Waals surface area contributed by atoms with E-state index in [1.165, 1.54) is 11.6 Å². The van der Waals surface area contributed by atoms with Crippen LogP contribution in [0.4, 0.5) is 0 Å². The lowest BCUT2D eigenvalue weighted by Crippen LogP contribution is -2.41. The lowest BCUT2D eigenvalue weighted by atomic mass is 10.3. The average molecular weight is 265 g/mol. The number of carbonyl (C=O) groups is 1. The molecule has 102 valence electrons. The van der Waals surface area contributed by atoms with E-state index in [4.69, 9.17) is 9.84 Å². The molecule has 8 nitrogen and oxygen atoms in total. The first-order chi connectivity index (χ1) is 9.15. The van der Waals surface area contributed by atoms with Gasteiger partial charge in [-0.1, -0.05) is 0 Å². The molecule has 2 aromatic rings. The number of nitrogens with one attached hydrogen (secondary N) is 1. The normalized spacial score (nSPS) is 12.6. The molecule has 0 saturated carbocycles. The third-order valence-electron chi connectivity index (χ3n) is 2.56. The van der Waals surface area contributed by atoms with Crippen molar-refractivity contribution < 1.29 is 14.6 Å². The summed E-state index contributed by atoms with van der Waals surface area (Å²) in [7, 11) is 1.49. The van der Waals surface area contributed by atoms with E-state index in [0.29, 0.717) is 5.78 Å². The monoisotopic (exact) mass is 265 g/mol. The van der Waals surface area contributed by atoms with Crippen molar-refractivity contribution in [2.45, 2.75) is 13.0 Å². The predicted molar refractivity (Wildman–Crippen MR) is 65.7 cm³/mol. The summed E-state index contributed by atoms with van der Waals surface area (Å²) in [4.78, 5) is 20.0. The van der Waals surface area contributed by atoms with Crippen molar-refractivity contribution in [3.8, 4) is 0 Å². The van der Waals surface area contributed by atoms with Gasteiger partial charge in [0.15, 0.2) is 0 Å². The maximum atomic E-state index is 11.9. The summed E-state index contributed by atoms with van der Waals surface area (Å²) >= 11 is 0. The van der Waals surface area contributed by atoms with E-state index in [2.05, 4.69) is 20.4 Å². The Morgan fingerprint density at radius 2 is 2.42 bits per heavy atom. The van der Waals surface area contributed by atoms with Crippen LogP contribution in [0.5, 0.6) is 0 Å². The van der Waals surface area contributed by atoms with Crippen LogP contribution < -0.4 is 5.32 Å². The fraction of sp³-hybridized carbons (Fsp3) is 0.455. The number of fused-ring (bicyclic) bond motifs is 1. The third kappa shape index (κ3) is 2.85. The molecule has 0 aliphatic carbocycles. The number of hydrogen-bond donors (Lipinski definition) is 2. The maximum absolute atomic E-state index is 11.9. The summed E-state index contributed by atoms with van der Waals surface area (Å²) in [6.07, 6.45) is 1.60. The van der Waals surface area contributed by atoms with E-state index >= 15 is 0 Å². The Morgan fingerprint density at radius 3 is 3.05 bits per heavy atom. The molecule has 1 unspecified atom stereocenters. The molecule has 2 heterocycles. The first kappa shape index (κ1) is 13.4. The van der Waals surface area contributed by atoms with E-state index in [1.807, 2.05) is 6.92 Å². The lowest BCUT2D eigenvalue weighted by Gasteiger charge is -2.13. The van der Waals surface area contributed by atoms with E-state index in [9.17, 15) is 4.79 Å². The van der Waals surface area contributed by atoms with Gasteiger partial charge in [0.1, 0.15) is 0 Å². The Balaban J connectivity index is 2.19. The Morgan fingerprint density at radius 1 is 1.63 bits per heavy atom. The van der Waals surface area contributed by atoms with Crippen LogP contribution in [-0.2, 0) is 4.74 Å². The fourth-order valence-corrected chi connectivity index (χ4v) is 1.59. The molecule has 0 bridgehead atoms. The van der Waals surface area contributed by atoms with E-state index in [1.54, 1.807) is 12.3 Å². The van der Waals surface area contributed by atoms with Crippen molar-refractivity contribution in [2.75, 3.05) is 20.3 Å². The smallest absolute Gasteiger partial charge is 0.291 e. The number of aryl methyl sites for hydroxylation is 1. The molecular weight excluding hydrogens is 250 g/mol. The molecule has 0 aliphatic heterocycles. The van der Waals surface area contributed by atoms with Gasteiger partial charge in [0, 0.05) is 19.0 Å².